The van der Waals surface area contributed by atoms with Gasteiger partial charge in [0.25, 0.3) is 5.56 Å². The van der Waals surface area contributed by atoms with Gasteiger partial charge in [0, 0.05) is 23.4 Å². The summed E-state index contributed by atoms with van der Waals surface area (Å²) in [6.45, 7) is 2.80. The molecule has 0 aliphatic heterocycles. The first kappa shape index (κ1) is 12.4. The number of aryl methyl sites for hydroxylation is 2. The van der Waals surface area contributed by atoms with Gasteiger partial charge in [0.05, 0.1) is 5.69 Å². The fourth-order valence-corrected chi connectivity index (χ4v) is 2.87. The molecule has 0 amide bonds. The van der Waals surface area contributed by atoms with Gasteiger partial charge in [-0.2, -0.15) is 0 Å². The van der Waals surface area contributed by atoms with Crippen molar-refractivity contribution in [2.45, 2.75) is 39.2 Å². The molecule has 102 valence electrons. The smallest absolute Gasteiger partial charge is 0.276 e. The molecule has 0 atom stereocenters. The maximum absolute atomic E-state index is 12.5. The van der Waals surface area contributed by atoms with Crippen molar-refractivity contribution >= 4 is 5.65 Å². The Balaban J connectivity index is 2.27. The van der Waals surface area contributed by atoms with Crippen molar-refractivity contribution in [3.63, 3.8) is 0 Å². The predicted octanol–water partition coefficient (Wildman–Crippen LogP) is 1.27. The van der Waals surface area contributed by atoms with Crippen LogP contribution in [0.1, 0.15) is 35.4 Å². The Kier molecular flexibility index (Phi) is 2.93. The van der Waals surface area contributed by atoms with E-state index < -0.39 is 0 Å². The Hall–Kier alpha value is -1.62. The highest BCUT2D eigenvalue weighted by Gasteiger charge is 2.20. The molecule has 1 N–H and O–H groups in total. The Morgan fingerprint density at radius 2 is 2.05 bits per heavy atom. The zero-order valence-electron chi connectivity index (χ0n) is 11.8. The van der Waals surface area contributed by atoms with Crippen LogP contribution in [0.15, 0.2) is 4.79 Å². The molecular weight excluding hydrogens is 240 g/mol. The van der Waals surface area contributed by atoms with Crippen LogP contribution in [0, 0.1) is 6.92 Å². The number of hydrogen-bond acceptors (Lipinski definition) is 3. The molecule has 2 aromatic rings. The van der Waals surface area contributed by atoms with Crippen LogP contribution < -0.4 is 5.56 Å². The lowest BCUT2D eigenvalue weighted by Crippen LogP contribution is -2.25. The highest BCUT2D eigenvalue weighted by molar-refractivity contribution is 5.51. The minimum Gasteiger partial charge on any atom is -0.305 e. The van der Waals surface area contributed by atoms with Gasteiger partial charge in [-0.25, -0.2) is 9.50 Å². The molecule has 5 nitrogen and oxygen atoms in total. The Bertz CT molecular complexity index is 681. The van der Waals surface area contributed by atoms with Crippen LogP contribution >= 0.6 is 0 Å². The third-order valence-corrected chi connectivity index (χ3v) is 3.83. The molecule has 1 aliphatic carbocycles. The monoisotopic (exact) mass is 260 g/mol. The van der Waals surface area contributed by atoms with Gasteiger partial charge in [-0.15, -0.1) is 0 Å². The van der Waals surface area contributed by atoms with Crippen molar-refractivity contribution in [2.24, 2.45) is 0 Å². The van der Waals surface area contributed by atoms with Gasteiger partial charge >= 0.3 is 0 Å². The van der Waals surface area contributed by atoms with E-state index in [0.29, 0.717) is 0 Å². The molecule has 1 aliphatic rings. The van der Waals surface area contributed by atoms with Crippen LogP contribution in [0.25, 0.3) is 5.65 Å². The van der Waals surface area contributed by atoms with E-state index in [1.807, 2.05) is 21.0 Å². The lowest BCUT2D eigenvalue weighted by atomic mass is 9.97. The average Bonchev–Trinajstić information content (AvgIpc) is 2.67. The van der Waals surface area contributed by atoms with Gasteiger partial charge in [0.1, 0.15) is 0 Å². The van der Waals surface area contributed by atoms with E-state index in [9.17, 15) is 4.79 Å². The zero-order chi connectivity index (χ0) is 13.6. The first-order valence-electron chi connectivity index (χ1n) is 6.84. The van der Waals surface area contributed by atoms with Crippen molar-refractivity contribution in [3.8, 4) is 0 Å². The topological polar surface area (TPSA) is 53.4 Å². The summed E-state index contributed by atoms with van der Waals surface area (Å²) in [7, 11) is 4.05. The highest BCUT2D eigenvalue weighted by Crippen LogP contribution is 2.20. The van der Waals surface area contributed by atoms with Crippen LogP contribution in [0.4, 0.5) is 0 Å². The molecular formula is C14H20N4O. The lowest BCUT2D eigenvalue weighted by molar-refractivity contribution is 0.402. The molecule has 0 unspecified atom stereocenters. The molecule has 0 spiro atoms. The van der Waals surface area contributed by atoms with E-state index >= 15 is 0 Å². The maximum atomic E-state index is 12.5. The van der Waals surface area contributed by atoms with E-state index in [1.54, 1.807) is 4.52 Å². The summed E-state index contributed by atoms with van der Waals surface area (Å²) < 4.78 is 1.62. The number of hydrogen-bond donors (Lipinski definition) is 1. The molecule has 3 rings (SSSR count). The van der Waals surface area contributed by atoms with E-state index in [1.165, 1.54) is 0 Å². The summed E-state index contributed by atoms with van der Waals surface area (Å²) in [4.78, 5) is 19.4. The molecule has 0 fully saturated rings. The third kappa shape index (κ3) is 1.98. The van der Waals surface area contributed by atoms with E-state index in [0.717, 1.165) is 60.4 Å². The fraction of sp³-hybridized carbons (Fsp3) is 0.571. The summed E-state index contributed by atoms with van der Waals surface area (Å²) >= 11 is 0. The summed E-state index contributed by atoms with van der Waals surface area (Å²) in [5.41, 5.74) is 4.96. The number of nitrogens with one attached hydrogen (secondary N) is 1. The standard InChI is InChI=1S/C14H20N4O/c1-9-11(8-17(2)3)13-15-12-7-5-4-6-10(12)14(19)18(13)16-9/h16H,4-8H2,1-3H3. The summed E-state index contributed by atoms with van der Waals surface area (Å²) in [6.07, 6.45) is 4.04. The second-order valence-corrected chi connectivity index (χ2v) is 5.66. The van der Waals surface area contributed by atoms with Crippen LogP contribution in [0.5, 0.6) is 0 Å². The normalized spacial score (nSPS) is 15.2. The Morgan fingerprint density at radius 3 is 2.79 bits per heavy atom. The molecule has 5 heteroatoms. The van der Waals surface area contributed by atoms with Gasteiger partial charge in [-0.05, 0) is 46.7 Å². The van der Waals surface area contributed by atoms with Crippen LogP contribution in [0.3, 0.4) is 0 Å². The van der Waals surface area contributed by atoms with Gasteiger partial charge < -0.3 is 4.90 Å². The minimum atomic E-state index is 0.0906. The molecule has 2 aromatic heterocycles. The van der Waals surface area contributed by atoms with E-state index in [2.05, 4.69) is 10.00 Å². The quantitative estimate of drug-likeness (QED) is 0.884. The van der Waals surface area contributed by atoms with E-state index in [-0.39, 0.29) is 5.56 Å². The number of aromatic amines is 1. The molecule has 0 saturated carbocycles. The number of fused-ring (bicyclic) bond motifs is 2. The SMILES string of the molecule is Cc1[nH]n2c(=O)c3c(nc2c1CN(C)C)CCCC3. The van der Waals surface area contributed by atoms with Gasteiger partial charge in [0.2, 0.25) is 0 Å². The third-order valence-electron chi connectivity index (χ3n) is 3.83. The lowest BCUT2D eigenvalue weighted by Gasteiger charge is -2.14. The van der Waals surface area contributed by atoms with E-state index in [4.69, 9.17) is 4.98 Å². The van der Waals surface area contributed by atoms with Crippen molar-refractivity contribution < 1.29 is 0 Å². The van der Waals surface area contributed by atoms with Crippen LogP contribution in [-0.2, 0) is 19.4 Å². The number of nitrogens with zero attached hydrogens (tertiary/aromatic N) is 3. The Morgan fingerprint density at radius 1 is 1.32 bits per heavy atom. The van der Waals surface area contributed by atoms with Gasteiger partial charge in [-0.1, -0.05) is 0 Å². The minimum absolute atomic E-state index is 0.0906. The maximum Gasteiger partial charge on any atom is 0.276 e. The Labute approximate surface area is 112 Å². The largest absolute Gasteiger partial charge is 0.305 e. The number of rotatable bonds is 2. The summed E-state index contributed by atoms with van der Waals surface area (Å²) in [5, 5.41) is 3.17. The molecule has 0 radical (unpaired) electrons. The predicted molar refractivity (Wildman–Crippen MR) is 74.6 cm³/mol. The summed E-state index contributed by atoms with van der Waals surface area (Å²) in [5.74, 6) is 0. The second-order valence-electron chi connectivity index (χ2n) is 5.66. The molecule has 0 bridgehead atoms. The van der Waals surface area contributed by atoms with Crippen molar-refractivity contribution in [3.05, 3.63) is 32.9 Å². The molecule has 0 aromatic carbocycles. The first-order valence-corrected chi connectivity index (χ1v) is 6.84. The van der Waals surface area contributed by atoms with Crippen molar-refractivity contribution in [2.75, 3.05) is 14.1 Å². The zero-order valence-corrected chi connectivity index (χ0v) is 11.8. The molecule has 2 heterocycles. The van der Waals surface area contributed by atoms with Crippen LogP contribution in [0.2, 0.25) is 0 Å². The molecule has 0 saturated heterocycles. The summed E-state index contributed by atoms with van der Waals surface area (Å²) in [6, 6.07) is 0. The van der Waals surface area contributed by atoms with Crippen LogP contribution in [-0.4, -0.2) is 33.6 Å². The van der Waals surface area contributed by atoms with Gasteiger partial charge in [0.15, 0.2) is 5.65 Å². The first-order chi connectivity index (χ1) is 9.08. The fourth-order valence-electron chi connectivity index (χ4n) is 2.87. The number of aromatic nitrogens is 3. The van der Waals surface area contributed by atoms with Gasteiger partial charge in [-0.3, -0.25) is 9.89 Å². The average molecular weight is 260 g/mol. The highest BCUT2D eigenvalue weighted by atomic mass is 16.1. The second kappa shape index (κ2) is 4.49. The van der Waals surface area contributed by atoms with Crippen molar-refractivity contribution in [1.82, 2.24) is 19.5 Å². The molecule has 19 heavy (non-hydrogen) atoms. The number of H-pyrrole nitrogens is 1. The van der Waals surface area contributed by atoms with Crippen molar-refractivity contribution in [1.29, 1.82) is 0 Å².